The van der Waals surface area contributed by atoms with Gasteiger partial charge < -0.3 is 15.0 Å². The maximum absolute atomic E-state index is 13.5. The molecule has 0 aromatic carbocycles. The lowest BCUT2D eigenvalue weighted by Gasteiger charge is -2.34. The standard InChI is InChI=1S/C29H34F3N7O3S/c1-27(2)17-19-9-14-33-21-5-3-6-24(34-21)43(41)37-26(40)20-7-8-22(35-25(20)38(27)18-19)39-15-10-23(36-39)42-16-4-11-28(12-13-28)29(30,31)32/h3,5-8,10,15,19H,4,9,11-14,16-18H2,1-2H3,(H,33,34)(H,37,40). The molecule has 1 amide bonds. The van der Waals surface area contributed by atoms with Crippen LogP contribution in [0.15, 0.2) is 47.6 Å². The van der Waals surface area contributed by atoms with Gasteiger partial charge in [-0.05, 0) is 82.6 Å². The summed E-state index contributed by atoms with van der Waals surface area (Å²) in [5.41, 5.74) is -1.58. The van der Waals surface area contributed by atoms with E-state index in [-0.39, 0.29) is 54.3 Å². The third-order valence-electron chi connectivity index (χ3n) is 8.58. The molecule has 6 rings (SSSR count). The van der Waals surface area contributed by atoms with E-state index in [9.17, 15) is 22.2 Å². The number of amides is 1. The Morgan fingerprint density at radius 2 is 1.95 bits per heavy atom. The van der Waals surface area contributed by atoms with Gasteiger partial charge in [0.1, 0.15) is 11.6 Å². The van der Waals surface area contributed by atoms with Gasteiger partial charge in [-0.3, -0.25) is 9.52 Å². The number of carbonyl (C=O) groups excluding carboxylic acids is 1. The van der Waals surface area contributed by atoms with Crippen LogP contribution in [0.25, 0.3) is 5.82 Å². The first-order valence-corrected chi connectivity index (χ1v) is 15.6. The number of anilines is 2. The quantitative estimate of drug-likeness (QED) is 0.370. The maximum atomic E-state index is 13.5. The Balaban J connectivity index is 1.24. The molecule has 43 heavy (non-hydrogen) atoms. The molecular formula is C29H34F3N7O3S. The fourth-order valence-electron chi connectivity index (χ4n) is 6.04. The Bertz CT molecular complexity index is 1540. The molecule has 1 saturated heterocycles. The predicted molar refractivity (Wildman–Crippen MR) is 155 cm³/mol. The van der Waals surface area contributed by atoms with Gasteiger partial charge in [0.05, 0.1) is 17.6 Å². The number of alkyl halides is 3. The van der Waals surface area contributed by atoms with E-state index in [0.717, 1.165) is 12.8 Å². The summed E-state index contributed by atoms with van der Waals surface area (Å²) in [5.74, 6) is 1.56. The van der Waals surface area contributed by atoms with Crippen LogP contribution in [-0.2, 0) is 11.0 Å². The lowest BCUT2D eigenvalue weighted by molar-refractivity contribution is -0.189. The highest BCUT2D eigenvalue weighted by molar-refractivity contribution is 7.83. The van der Waals surface area contributed by atoms with Crippen molar-refractivity contribution in [1.82, 2.24) is 24.5 Å². The van der Waals surface area contributed by atoms with Crippen LogP contribution in [-0.4, -0.2) is 61.3 Å². The fourth-order valence-corrected chi connectivity index (χ4v) is 6.81. The van der Waals surface area contributed by atoms with Crippen molar-refractivity contribution < 1.29 is 26.9 Å². The van der Waals surface area contributed by atoms with E-state index in [1.165, 1.54) is 4.68 Å². The summed E-state index contributed by atoms with van der Waals surface area (Å²) in [7, 11) is -1.89. The molecule has 2 N–H and O–H groups in total. The second-order valence-electron chi connectivity index (χ2n) is 12.1. The van der Waals surface area contributed by atoms with Crippen LogP contribution < -0.4 is 19.7 Å². The average Bonchev–Trinajstić information content (AvgIpc) is 3.51. The van der Waals surface area contributed by atoms with Crippen LogP contribution in [0, 0.1) is 11.3 Å². The molecule has 2 unspecified atom stereocenters. The Hall–Kier alpha value is -3.68. The second-order valence-corrected chi connectivity index (χ2v) is 13.3. The minimum absolute atomic E-state index is 0.0423. The molecule has 1 saturated carbocycles. The molecule has 2 aliphatic heterocycles. The number of rotatable bonds is 6. The summed E-state index contributed by atoms with van der Waals surface area (Å²) < 4.78 is 62.4. The first-order valence-electron chi connectivity index (χ1n) is 14.4. The van der Waals surface area contributed by atoms with E-state index in [2.05, 4.69) is 38.9 Å². The van der Waals surface area contributed by atoms with Gasteiger partial charge in [-0.25, -0.2) is 18.9 Å². The van der Waals surface area contributed by atoms with Crippen molar-refractivity contribution >= 4 is 28.5 Å². The lowest BCUT2D eigenvalue weighted by atomic mass is 9.94. The number of fused-ring (bicyclic) bond motifs is 6. The number of ether oxygens (including phenoxy) is 1. The van der Waals surface area contributed by atoms with Gasteiger partial charge in [0.2, 0.25) is 5.88 Å². The fraction of sp³-hybridized carbons (Fsp3) is 0.517. The van der Waals surface area contributed by atoms with Gasteiger partial charge >= 0.3 is 6.18 Å². The zero-order chi connectivity index (χ0) is 30.4. The Labute approximate surface area is 250 Å². The van der Waals surface area contributed by atoms with Crippen LogP contribution in [0.2, 0.25) is 0 Å². The van der Waals surface area contributed by atoms with E-state index < -0.39 is 28.5 Å². The number of carbonyl (C=O) groups is 1. The van der Waals surface area contributed by atoms with E-state index in [1.807, 2.05) is 6.07 Å². The molecule has 3 aromatic heterocycles. The smallest absolute Gasteiger partial charge is 0.394 e. The number of hydrogen-bond donors (Lipinski definition) is 2. The van der Waals surface area contributed by atoms with Crippen molar-refractivity contribution in [3.8, 4) is 11.7 Å². The third kappa shape index (κ3) is 6.06. The van der Waals surface area contributed by atoms with Gasteiger partial charge in [0.25, 0.3) is 5.91 Å². The number of pyridine rings is 2. The van der Waals surface area contributed by atoms with Gasteiger partial charge in [0.15, 0.2) is 21.8 Å². The SMILES string of the molecule is CC1(C)CC2CCNc3cccc(n3)S(=O)NC(=O)c3ccc(-n4ccc(OCCCC5(C(F)(F)F)CC5)n4)nc3N1C2. The van der Waals surface area contributed by atoms with Crippen LogP contribution >= 0.6 is 0 Å². The van der Waals surface area contributed by atoms with Crippen molar-refractivity contribution in [2.45, 2.75) is 69.1 Å². The molecule has 10 nitrogen and oxygen atoms in total. The number of nitrogens with zero attached hydrogens (tertiary/aromatic N) is 5. The number of nitrogens with one attached hydrogen (secondary N) is 2. The molecular weight excluding hydrogens is 583 g/mol. The van der Waals surface area contributed by atoms with E-state index in [1.54, 1.807) is 36.5 Å². The Kier molecular flexibility index (Phi) is 7.59. The second kappa shape index (κ2) is 11.1. The molecule has 1 aliphatic carbocycles. The van der Waals surface area contributed by atoms with Crippen LogP contribution in [0.5, 0.6) is 5.88 Å². The molecule has 14 heteroatoms. The molecule has 230 valence electrons. The summed E-state index contributed by atoms with van der Waals surface area (Å²) in [4.78, 5) is 24.9. The minimum atomic E-state index is -4.17. The van der Waals surface area contributed by atoms with Crippen LogP contribution in [0.4, 0.5) is 24.8 Å². The summed E-state index contributed by atoms with van der Waals surface area (Å²) in [6.45, 7) is 5.72. The number of hydrogen-bond acceptors (Lipinski definition) is 8. The normalized spacial score (nSPS) is 22.6. The summed E-state index contributed by atoms with van der Waals surface area (Å²) in [6.07, 6.45) is -0.0776. The molecule has 0 radical (unpaired) electrons. The van der Waals surface area contributed by atoms with Gasteiger partial charge in [-0.2, -0.15) is 13.2 Å². The monoisotopic (exact) mass is 617 g/mol. The largest absolute Gasteiger partial charge is 0.477 e. The minimum Gasteiger partial charge on any atom is -0.477 e. The first-order chi connectivity index (χ1) is 20.4. The summed E-state index contributed by atoms with van der Waals surface area (Å²) in [6, 6.07) is 10.1. The van der Waals surface area contributed by atoms with E-state index in [4.69, 9.17) is 9.72 Å². The van der Waals surface area contributed by atoms with E-state index >= 15 is 0 Å². The van der Waals surface area contributed by atoms with Crippen molar-refractivity contribution in [1.29, 1.82) is 0 Å². The third-order valence-corrected chi connectivity index (χ3v) is 9.56. The highest BCUT2D eigenvalue weighted by atomic mass is 32.2. The highest BCUT2D eigenvalue weighted by Gasteiger charge is 2.62. The molecule has 0 spiro atoms. The topological polar surface area (TPSA) is 114 Å². The number of aromatic nitrogens is 4. The maximum Gasteiger partial charge on any atom is 0.394 e. The van der Waals surface area contributed by atoms with Crippen molar-refractivity contribution in [3.05, 3.63) is 48.2 Å². The lowest BCUT2D eigenvalue weighted by Crippen LogP contribution is -2.40. The number of halogens is 3. The zero-order valence-corrected chi connectivity index (χ0v) is 24.8. The van der Waals surface area contributed by atoms with Gasteiger partial charge in [0, 0.05) is 30.9 Å². The average molecular weight is 618 g/mol. The van der Waals surface area contributed by atoms with E-state index in [0.29, 0.717) is 36.5 Å². The predicted octanol–water partition coefficient (Wildman–Crippen LogP) is 5.04. The van der Waals surface area contributed by atoms with Crippen LogP contribution in [0.1, 0.15) is 62.7 Å². The van der Waals surface area contributed by atoms with Crippen molar-refractivity contribution in [2.75, 3.05) is 29.9 Å². The highest BCUT2D eigenvalue weighted by Crippen LogP contribution is 2.60. The molecule has 2 fully saturated rings. The molecule has 2 atom stereocenters. The van der Waals surface area contributed by atoms with Crippen LogP contribution in [0.3, 0.4) is 0 Å². The summed E-state index contributed by atoms with van der Waals surface area (Å²) in [5, 5.41) is 7.96. The Morgan fingerprint density at radius 3 is 2.72 bits per heavy atom. The molecule has 5 heterocycles. The van der Waals surface area contributed by atoms with Gasteiger partial charge in [-0.1, -0.05) is 6.07 Å². The molecule has 4 bridgehead atoms. The first kappa shape index (κ1) is 29.4. The summed E-state index contributed by atoms with van der Waals surface area (Å²) >= 11 is 0. The van der Waals surface area contributed by atoms with Crippen molar-refractivity contribution in [2.24, 2.45) is 11.3 Å². The van der Waals surface area contributed by atoms with Crippen molar-refractivity contribution in [3.63, 3.8) is 0 Å². The molecule has 3 aromatic rings. The molecule has 3 aliphatic rings. The zero-order valence-electron chi connectivity index (χ0n) is 24.0. The van der Waals surface area contributed by atoms with Gasteiger partial charge in [-0.15, -0.1) is 5.10 Å². The Morgan fingerprint density at radius 1 is 1.14 bits per heavy atom.